The number of hydrogen-bond donors (Lipinski definition) is 1. The van der Waals surface area contributed by atoms with E-state index < -0.39 is 23.8 Å². The van der Waals surface area contributed by atoms with Crippen molar-refractivity contribution in [3.63, 3.8) is 0 Å². The van der Waals surface area contributed by atoms with E-state index in [1.807, 2.05) is 30.3 Å². The van der Waals surface area contributed by atoms with E-state index in [-0.39, 0.29) is 23.3 Å². The van der Waals surface area contributed by atoms with Crippen LogP contribution in [0.5, 0.6) is 0 Å². The minimum absolute atomic E-state index is 0.0414. The van der Waals surface area contributed by atoms with E-state index in [0.29, 0.717) is 13.0 Å². The molecule has 0 saturated carbocycles. The van der Waals surface area contributed by atoms with E-state index in [1.165, 1.54) is 17.2 Å². The lowest BCUT2D eigenvalue weighted by Gasteiger charge is -2.39. The summed E-state index contributed by atoms with van der Waals surface area (Å²) in [4.78, 5) is 15.1. The number of hydrogen-bond acceptors (Lipinski definition) is 4. The Morgan fingerprint density at radius 2 is 1.74 bits per heavy atom. The molecule has 0 radical (unpaired) electrons. The van der Waals surface area contributed by atoms with Gasteiger partial charge in [0.2, 0.25) is 0 Å². The van der Waals surface area contributed by atoms with Crippen LogP contribution < -0.4 is 5.73 Å². The van der Waals surface area contributed by atoms with Crippen LogP contribution >= 0.6 is 0 Å². The van der Waals surface area contributed by atoms with Crippen molar-refractivity contribution in [2.24, 2.45) is 11.7 Å². The van der Waals surface area contributed by atoms with Gasteiger partial charge in [-0.1, -0.05) is 41.5 Å². The van der Waals surface area contributed by atoms with Crippen molar-refractivity contribution in [1.29, 1.82) is 0 Å². The number of halogens is 2. The molecule has 31 heavy (non-hydrogen) atoms. The van der Waals surface area contributed by atoms with Crippen LogP contribution in [0.3, 0.4) is 0 Å². The molecule has 5 rings (SSSR count). The topological polar surface area (TPSA) is 55.6 Å². The number of rotatable bonds is 4. The van der Waals surface area contributed by atoms with Gasteiger partial charge in [-0.15, -0.1) is 0 Å². The molecule has 2 aromatic rings. The van der Waals surface area contributed by atoms with Gasteiger partial charge in [-0.2, -0.15) is 0 Å². The predicted molar refractivity (Wildman–Crippen MR) is 114 cm³/mol. The molecule has 1 fully saturated rings. The van der Waals surface area contributed by atoms with E-state index in [1.54, 1.807) is 0 Å². The SMILES string of the molecule is N[C@H]1C[C@@H](N2CC3=C(CC(C(=O)c4ccccc4)C3)C2)CO[C@@H]1c1cc(F)ccc1F. The summed E-state index contributed by atoms with van der Waals surface area (Å²) in [6.07, 6.45) is 1.66. The molecule has 0 unspecified atom stereocenters. The summed E-state index contributed by atoms with van der Waals surface area (Å²) in [5, 5.41) is 0. The van der Waals surface area contributed by atoms with Gasteiger partial charge in [0.1, 0.15) is 17.7 Å². The molecule has 0 spiro atoms. The highest BCUT2D eigenvalue weighted by Gasteiger charge is 2.40. The van der Waals surface area contributed by atoms with Gasteiger partial charge in [0.05, 0.1) is 6.61 Å². The highest BCUT2D eigenvalue weighted by Crippen LogP contribution is 2.40. The van der Waals surface area contributed by atoms with Crippen LogP contribution in [0.4, 0.5) is 8.78 Å². The number of Topliss-reactive ketones (excluding diaryl/α,β-unsaturated/α-hetero) is 1. The van der Waals surface area contributed by atoms with Crippen LogP contribution in [-0.2, 0) is 4.74 Å². The summed E-state index contributed by atoms with van der Waals surface area (Å²) >= 11 is 0. The molecule has 2 heterocycles. The molecular formula is C25H26F2N2O2. The summed E-state index contributed by atoms with van der Waals surface area (Å²) in [6.45, 7) is 2.09. The number of ketones is 1. The largest absolute Gasteiger partial charge is 0.370 e. The van der Waals surface area contributed by atoms with Gasteiger partial charge in [0.25, 0.3) is 0 Å². The zero-order valence-corrected chi connectivity index (χ0v) is 17.3. The first-order chi connectivity index (χ1) is 15.0. The predicted octanol–water partition coefficient (Wildman–Crippen LogP) is 4.03. The molecule has 2 aliphatic heterocycles. The van der Waals surface area contributed by atoms with Crippen molar-refractivity contribution in [2.75, 3.05) is 19.7 Å². The van der Waals surface area contributed by atoms with Crippen molar-refractivity contribution in [3.8, 4) is 0 Å². The maximum absolute atomic E-state index is 14.2. The molecule has 3 atom stereocenters. The van der Waals surface area contributed by atoms with Gasteiger partial charge in [-0.05, 0) is 37.5 Å². The van der Waals surface area contributed by atoms with Crippen molar-refractivity contribution in [2.45, 2.75) is 37.5 Å². The lowest BCUT2D eigenvalue weighted by Crippen LogP contribution is -2.49. The smallest absolute Gasteiger partial charge is 0.166 e. The van der Waals surface area contributed by atoms with E-state index in [4.69, 9.17) is 10.5 Å². The van der Waals surface area contributed by atoms with Crippen molar-refractivity contribution in [1.82, 2.24) is 4.90 Å². The first-order valence-corrected chi connectivity index (χ1v) is 10.8. The molecule has 6 heteroatoms. The normalized spacial score (nSPS) is 27.0. The number of carbonyl (C=O) groups is 1. The Bertz CT molecular complexity index is 1010. The van der Waals surface area contributed by atoms with Crippen molar-refractivity contribution >= 4 is 5.78 Å². The van der Waals surface area contributed by atoms with Gasteiger partial charge < -0.3 is 10.5 Å². The Morgan fingerprint density at radius 1 is 1.03 bits per heavy atom. The molecule has 0 amide bonds. The first kappa shape index (κ1) is 20.5. The molecule has 0 bridgehead atoms. The van der Waals surface area contributed by atoms with Crippen molar-refractivity contribution < 1.29 is 18.3 Å². The molecular weight excluding hydrogens is 398 g/mol. The summed E-state index contributed by atoms with van der Waals surface area (Å²) in [6, 6.07) is 12.6. The number of nitrogens with two attached hydrogens (primary N) is 1. The number of ether oxygens (including phenoxy) is 1. The van der Waals surface area contributed by atoms with Crippen LogP contribution in [0.25, 0.3) is 0 Å². The molecule has 1 aliphatic carbocycles. The Balaban J connectivity index is 1.18. The second-order valence-corrected chi connectivity index (χ2v) is 8.92. The fourth-order valence-corrected chi connectivity index (χ4v) is 5.29. The highest BCUT2D eigenvalue weighted by molar-refractivity contribution is 5.98. The fraction of sp³-hybridized carbons (Fsp3) is 0.400. The Morgan fingerprint density at radius 3 is 2.42 bits per heavy atom. The fourth-order valence-electron chi connectivity index (χ4n) is 5.29. The lowest BCUT2D eigenvalue weighted by molar-refractivity contribution is -0.0468. The van der Waals surface area contributed by atoms with Crippen LogP contribution in [-0.4, -0.2) is 42.5 Å². The third kappa shape index (κ3) is 3.95. The molecule has 2 N–H and O–H groups in total. The average Bonchev–Trinajstić information content (AvgIpc) is 3.35. The number of carbonyl (C=O) groups excluding carboxylic acids is 1. The van der Waals surface area contributed by atoms with E-state index in [0.717, 1.165) is 43.6 Å². The summed E-state index contributed by atoms with van der Waals surface area (Å²) < 4.78 is 33.7. The summed E-state index contributed by atoms with van der Waals surface area (Å²) in [5.41, 5.74) is 10.0. The molecule has 1 saturated heterocycles. The van der Waals surface area contributed by atoms with Gasteiger partial charge in [0.15, 0.2) is 5.78 Å². The Hall–Kier alpha value is -2.41. The second-order valence-electron chi connectivity index (χ2n) is 8.92. The molecule has 4 nitrogen and oxygen atoms in total. The maximum Gasteiger partial charge on any atom is 0.166 e. The highest BCUT2D eigenvalue weighted by atomic mass is 19.1. The van der Waals surface area contributed by atoms with Crippen LogP contribution in [0, 0.1) is 17.6 Å². The van der Waals surface area contributed by atoms with Gasteiger partial charge in [0, 0.05) is 42.2 Å². The maximum atomic E-state index is 14.2. The van der Waals surface area contributed by atoms with Crippen molar-refractivity contribution in [3.05, 3.63) is 82.4 Å². The standard InChI is InChI=1S/C25H26F2N2O2/c26-19-6-7-22(27)21(10-19)25-23(28)11-20(14-31-25)29-12-17-8-16(9-18(17)13-29)24(30)15-4-2-1-3-5-15/h1-7,10,16,20,23,25H,8-9,11-14,28H2/t20-,23+,25-/m1/s1. The molecule has 2 aromatic carbocycles. The molecule has 162 valence electrons. The summed E-state index contributed by atoms with van der Waals surface area (Å²) in [7, 11) is 0. The third-order valence-corrected chi connectivity index (χ3v) is 6.88. The van der Waals surface area contributed by atoms with Crippen LogP contribution in [0.15, 0.2) is 59.7 Å². The Kier molecular flexibility index (Phi) is 5.46. The zero-order chi connectivity index (χ0) is 21.5. The molecule has 3 aliphatic rings. The Labute approximate surface area is 180 Å². The van der Waals surface area contributed by atoms with Gasteiger partial charge in [-0.25, -0.2) is 8.78 Å². The van der Waals surface area contributed by atoms with Gasteiger partial charge in [-0.3, -0.25) is 9.69 Å². The lowest BCUT2D eigenvalue weighted by atomic mass is 9.92. The van der Waals surface area contributed by atoms with Crippen LogP contribution in [0.1, 0.15) is 41.3 Å². The average molecular weight is 424 g/mol. The molecule has 0 aromatic heterocycles. The quantitative estimate of drug-likeness (QED) is 0.595. The first-order valence-electron chi connectivity index (χ1n) is 10.8. The number of benzene rings is 2. The second kappa shape index (κ2) is 8.26. The number of nitrogens with zero attached hydrogens (tertiary/aromatic N) is 1. The van der Waals surface area contributed by atoms with Gasteiger partial charge >= 0.3 is 0 Å². The van der Waals surface area contributed by atoms with E-state index in [2.05, 4.69) is 4.90 Å². The van der Waals surface area contributed by atoms with E-state index in [9.17, 15) is 13.6 Å². The van der Waals surface area contributed by atoms with Crippen LogP contribution in [0.2, 0.25) is 0 Å². The zero-order valence-electron chi connectivity index (χ0n) is 17.3. The number of likely N-dealkylation sites (tertiary alicyclic amines) is 1. The monoisotopic (exact) mass is 424 g/mol. The van der Waals surface area contributed by atoms with E-state index >= 15 is 0 Å². The summed E-state index contributed by atoms with van der Waals surface area (Å²) in [5.74, 6) is -0.713. The third-order valence-electron chi connectivity index (χ3n) is 6.88. The minimum Gasteiger partial charge on any atom is -0.370 e. The minimum atomic E-state index is -0.637.